The predicted molar refractivity (Wildman–Crippen MR) is 77.3 cm³/mol. The van der Waals surface area contributed by atoms with Gasteiger partial charge in [0.15, 0.2) is 11.5 Å². The zero-order valence-electron chi connectivity index (χ0n) is 12.3. The Morgan fingerprint density at radius 1 is 1.38 bits per heavy atom. The van der Waals surface area contributed by atoms with Crippen LogP contribution in [0.1, 0.15) is 17.4 Å². The van der Waals surface area contributed by atoms with Gasteiger partial charge in [-0.1, -0.05) is 17.3 Å². The fourth-order valence-corrected chi connectivity index (χ4v) is 1.88. The van der Waals surface area contributed by atoms with Crippen molar-refractivity contribution in [3.05, 3.63) is 36.0 Å². The second kappa shape index (κ2) is 6.90. The van der Waals surface area contributed by atoms with Crippen LogP contribution in [0.4, 0.5) is 0 Å². The highest BCUT2D eigenvalue weighted by molar-refractivity contribution is 5.93. The van der Waals surface area contributed by atoms with Crippen LogP contribution >= 0.6 is 0 Å². The molecular weight excluding hydrogens is 272 g/mol. The van der Waals surface area contributed by atoms with Crippen LogP contribution in [-0.4, -0.2) is 37.9 Å². The molecule has 6 heteroatoms. The third-order valence-electron chi connectivity index (χ3n) is 2.89. The monoisotopic (exact) mass is 290 g/mol. The van der Waals surface area contributed by atoms with Gasteiger partial charge in [-0.05, 0) is 19.1 Å². The van der Waals surface area contributed by atoms with Gasteiger partial charge in [0.2, 0.25) is 0 Å². The third-order valence-corrected chi connectivity index (χ3v) is 2.89. The molecule has 0 bridgehead atoms. The third kappa shape index (κ3) is 3.82. The van der Waals surface area contributed by atoms with Crippen molar-refractivity contribution in [1.82, 2.24) is 10.5 Å². The molecule has 1 aromatic carbocycles. The highest BCUT2D eigenvalue weighted by Crippen LogP contribution is 2.24. The molecule has 6 nitrogen and oxygen atoms in total. The first-order valence-corrected chi connectivity index (χ1v) is 6.55. The van der Waals surface area contributed by atoms with Crippen molar-refractivity contribution in [3.8, 4) is 17.1 Å². The average Bonchev–Trinajstić information content (AvgIpc) is 2.97. The number of ether oxygens (including phenoxy) is 2. The molecule has 2 aromatic rings. The molecule has 1 aromatic heterocycles. The molecule has 2 rings (SSSR count). The van der Waals surface area contributed by atoms with E-state index >= 15 is 0 Å². The maximum absolute atomic E-state index is 12.0. The van der Waals surface area contributed by atoms with Gasteiger partial charge in [-0.25, -0.2) is 0 Å². The van der Waals surface area contributed by atoms with Crippen LogP contribution in [0.15, 0.2) is 34.9 Å². The number of nitrogens with zero attached hydrogens (tertiary/aromatic N) is 1. The predicted octanol–water partition coefficient (Wildman–Crippen LogP) is 2.11. The van der Waals surface area contributed by atoms with E-state index in [0.29, 0.717) is 18.1 Å². The molecule has 0 fully saturated rings. The number of aromatic nitrogens is 1. The minimum atomic E-state index is -0.294. The number of carbonyl (C=O) groups excluding carboxylic acids is 1. The second-order valence-electron chi connectivity index (χ2n) is 4.64. The summed E-state index contributed by atoms with van der Waals surface area (Å²) in [6, 6.07) is 8.86. The van der Waals surface area contributed by atoms with Crippen LogP contribution < -0.4 is 10.1 Å². The zero-order chi connectivity index (χ0) is 15.2. The largest absolute Gasteiger partial charge is 0.497 e. The Bertz CT molecular complexity index is 609. The summed E-state index contributed by atoms with van der Waals surface area (Å²) >= 11 is 0. The van der Waals surface area contributed by atoms with Gasteiger partial charge in [0.25, 0.3) is 5.91 Å². The Balaban J connectivity index is 2.12. The number of amides is 1. The number of hydrogen-bond donors (Lipinski definition) is 1. The molecule has 1 amide bonds. The molecule has 1 heterocycles. The number of rotatable bonds is 6. The molecule has 0 aliphatic carbocycles. The minimum absolute atomic E-state index is 0.0977. The lowest BCUT2D eigenvalue weighted by molar-refractivity contribution is 0.0896. The topological polar surface area (TPSA) is 73.6 Å². The number of benzene rings is 1. The van der Waals surface area contributed by atoms with Crippen molar-refractivity contribution in [2.24, 2.45) is 0 Å². The van der Waals surface area contributed by atoms with E-state index in [2.05, 4.69) is 10.5 Å². The maximum atomic E-state index is 12.0. The Morgan fingerprint density at radius 2 is 2.19 bits per heavy atom. The van der Waals surface area contributed by atoms with E-state index in [1.165, 1.54) is 0 Å². The summed E-state index contributed by atoms with van der Waals surface area (Å²) in [4.78, 5) is 12.0. The van der Waals surface area contributed by atoms with E-state index in [1.54, 1.807) is 20.3 Å². The van der Waals surface area contributed by atoms with Gasteiger partial charge >= 0.3 is 0 Å². The van der Waals surface area contributed by atoms with Gasteiger partial charge in [0.1, 0.15) is 5.75 Å². The molecule has 0 aliphatic heterocycles. The minimum Gasteiger partial charge on any atom is -0.497 e. The van der Waals surface area contributed by atoms with Crippen molar-refractivity contribution < 1.29 is 18.8 Å². The average molecular weight is 290 g/mol. The van der Waals surface area contributed by atoms with Crippen molar-refractivity contribution in [1.29, 1.82) is 0 Å². The summed E-state index contributed by atoms with van der Waals surface area (Å²) in [6.45, 7) is 2.29. The Hall–Kier alpha value is -2.34. The standard InChI is InChI=1S/C15H18N2O4/c1-10(9-19-2)16-15(18)13-8-14(21-17-13)11-5-4-6-12(7-11)20-3/h4-8,10H,9H2,1-3H3,(H,16,18)/t10-/m0/s1. The lowest BCUT2D eigenvalue weighted by Gasteiger charge is -2.10. The summed E-state index contributed by atoms with van der Waals surface area (Å²) in [6.07, 6.45) is 0. The first kappa shape index (κ1) is 15.1. The Kier molecular flexibility index (Phi) is 4.94. The Morgan fingerprint density at radius 3 is 2.90 bits per heavy atom. The lowest BCUT2D eigenvalue weighted by atomic mass is 10.1. The Labute approximate surface area is 123 Å². The molecule has 0 unspecified atom stereocenters. The summed E-state index contributed by atoms with van der Waals surface area (Å²) < 4.78 is 15.3. The highest BCUT2D eigenvalue weighted by Gasteiger charge is 2.15. The van der Waals surface area contributed by atoms with Crippen molar-refractivity contribution >= 4 is 5.91 Å². The van der Waals surface area contributed by atoms with Crippen LogP contribution in [0.25, 0.3) is 11.3 Å². The molecule has 1 atom stereocenters. The van der Waals surface area contributed by atoms with Gasteiger partial charge in [-0.2, -0.15) is 0 Å². The molecule has 1 N–H and O–H groups in total. The maximum Gasteiger partial charge on any atom is 0.273 e. The van der Waals surface area contributed by atoms with E-state index < -0.39 is 0 Å². The molecule has 0 saturated carbocycles. The first-order chi connectivity index (χ1) is 10.1. The van der Waals surface area contributed by atoms with Crippen LogP contribution in [0.2, 0.25) is 0 Å². The second-order valence-corrected chi connectivity index (χ2v) is 4.64. The highest BCUT2D eigenvalue weighted by atomic mass is 16.5. The van der Waals surface area contributed by atoms with Gasteiger partial charge < -0.3 is 19.3 Å². The van der Waals surface area contributed by atoms with E-state index in [4.69, 9.17) is 14.0 Å². The molecular formula is C15H18N2O4. The summed E-state index contributed by atoms with van der Waals surface area (Å²) in [5.74, 6) is 0.930. The quantitative estimate of drug-likeness (QED) is 0.882. The lowest BCUT2D eigenvalue weighted by Crippen LogP contribution is -2.35. The summed E-state index contributed by atoms with van der Waals surface area (Å²) in [5.41, 5.74) is 1.03. The molecule has 112 valence electrons. The van der Waals surface area contributed by atoms with Gasteiger partial charge in [0, 0.05) is 24.8 Å². The number of hydrogen-bond acceptors (Lipinski definition) is 5. The number of carbonyl (C=O) groups is 1. The number of methoxy groups -OCH3 is 2. The van der Waals surface area contributed by atoms with Crippen LogP contribution in [-0.2, 0) is 4.74 Å². The fourth-order valence-electron chi connectivity index (χ4n) is 1.88. The smallest absolute Gasteiger partial charge is 0.273 e. The fraction of sp³-hybridized carbons (Fsp3) is 0.333. The van der Waals surface area contributed by atoms with E-state index in [1.807, 2.05) is 31.2 Å². The zero-order valence-corrected chi connectivity index (χ0v) is 12.3. The van der Waals surface area contributed by atoms with E-state index in [0.717, 1.165) is 5.56 Å². The van der Waals surface area contributed by atoms with Gasteiger partial charge in [0.05, 0.1) is 13.7 Å². The molecule has 0 spiro atoms. The van der Waals surface area contributed by atoms with Crippen molar-refractivity contribution in [2.75, 3.05) is 20.8 Å². The van der Waals surface area contributed by atoms with E-state index in [-0.39, 0.29) is 17.6 Å². The van der Waals surface area contributed by atoms with Crippen LogP contribution in [0, 0.1) is 0 Å². The number of nitrogens with one attached hydrogen (secondary N) is 1. The summed E-state index contributed by atoms with van der Waals surface area (Å²) in [5, 5.41) is 6.57. The van der Waals surface area contributed by atoms with Gasteiger partial charge in [-0.3, -0.25) is 4.79 Å². The first-order valence-electron chi connectivity index (χ1n) is 6.55. The van der Waals surface area contributed by atoms with Crippen molar-refractivity contribution in [2.45, 2.75) is 13.0 Å². The van der Waals surface area contributed by atoms with Crippen LogP contribution in [0.5, 0.6) is 5.75 Å². The van der Waals surface area contributed by atoms with Crippen molar-refractivity contribution in [3.63, 3.8) is 0 Å². The SMILES string of the molecule is COC[C@H](C)NC(=O)c1cc(-c2cccc(OC)c2)on1. The molecule has 21 heavy (non-hydrogen) atoms. The normalized spacial score (nSPS) is 12.0. The van der Waals surface area contributed by atoms with Crippen LogP contribution in [0.3, 0.4) is 0 Å². The summed E-state index contributed by atoms with van der Waals surface area (Å²) in [7, 11) is 3.18. The molecule has 0 aliphatic rings. The van der Waals surface area contributed by atoms with E-state index in [9.17, 15) is 4.79 Å². The van der Waals surface area contributed by atoms with Gasteiger partial charge in [-0.15, -0.1) is 0 Å². The molecule has 0 radical (unpaired) electrons. The molecule has 0 saturated heterocycles.